The topological polar surface area (TPSA) is 108 Å². The Hall–Kier alpha value is -4.75. The zero-order valence-electron chi connectivity index (χ0n) is 29.3. The standard InChI is InChI=1S/C36H37F6N5O4S/c1-20(34(2,3)4)45-28(48)19-50-13-7-8-14-51-27-12-10-21(15-24(27)37)31-25(38)16-23(18-44-31)47-33(52)46(32(49)35(47,5)6)26-11-9-22(17-43)29(30(26)39)36(40,41)42/h9-12,15-16,18,20H,7-8,13-14,19H2,1-6H3,(H,45,48). The van der Waals surface area contributed by atoms with Crippen LogP contribution in [0.25, 0.3) is 11.3 Å². The van der Waals surface area contributed by atoms with Gasteiger partial charge in [0, 0.05) is 24.3 Å². The summed E-state index contributed by atoms with van der Waals surface area (Å²) in [6.45, 7) is 11.1. The zero-order valence-corrected chi connectivity index (χ0v) is 30.1. The zero-order chi connectivity index (χ0) is 38.8. The summed E-state index contributed by atoms with van der Waals surface area (Å²) in [5.74, 6) is -4.81. The molecule has 0 bridgehead atoms. The Morgan fingerprint density at radius 2 is 1.73 bits per heavy atom. The normalized spacial score (nSPS) is 15.1. The van der Waals surface area contributed by atoms with E-state index in [4.69, 9.17) is 27.0 Å². The van der Waals surface area contributed by atoms with Gasteiger partial charge in [-0.25, -0.2) is 13.2 Å². The third-order valence-corrected chi connectivity index (χ3v) is 8.94. The molecule has 52 heavy (non-hydrogen) atoms. The molecule has 2 heterocycles. The van der Waals surface area contributed by atoms with Crippen LogP contribution in [0.3, 0.4) is 0 Å². The van der Waals surface area contributed by atoms with E-state index in [1.807, 2.05) is 27.7 Å². The lowest BCUT2D eigenvalue weighted by Crippen LogP contribution is -2.44. The highest BCUT2D eigenvalue weighted by Crippen LogP contribution is 2.42. The van der Waals surface area contributed by atoms with E-state index in [0.29, 0.717) is 24.3 Å². The first-order valence-corrected chi connectivity index (χ1v) is 16.5. The average molecular weight is 750 g/mol. The Labute approximate surface area is 302 Å². The fourth-order valence-electron chi connectivity index (χ4n) is 5.23. The lowest BCUT2D eigenvalue weighted by Gasteiger charge is -2.29. The maximum absolute atomic E-state index is 15.5. The summed E-state index contributed by atoms with van der Waals surface area (Å²) < 4.78 is 97.7. The Kier molecular flexibility index (Phi) is 11.9. The molecule has 1 aliphatic rings. The Balaban J connectivity index is 1.41. The molecule has 9 nitrogen and oxygen atoms in total. The number of benzene rings is 2. The van der Waals surface area contributed by atoms with E-state index in [1.54, 1.807) is 0 Å². The number of hydrogen-bond donors (Lipinski definition) is 1. The summed E-state index contributed by atoms with van der Waals surface area (Å²) in [5.41, 5.74) is -5.67. The van der Waals surface area contributed by atoms with E-state index >= 15 is 8.78 Å². The van der Waals surface area contributed by atoms with Crippen LogP contribution in [0.2, 0.25) is 0 Å². The van der Waals surface area contributed by atoms with Gasteiger partial charge in [-0.2, -0.15) is 18.4 Å². The first-order valence-electron chi connectivity index (χ1n) is 16.1. The van der Waals surface area contributed by atoms with Crippen molar-refractivity contribution in [1.29, 1.82) is 5.26 Å². The molecule has 1 atom stereocenters. The number of ether oxygens (including phenoxy) is 2. The van der Waals surface area contributed by atoms with Crippen LogP contribution in [-0.2, 0) is 20.5 Å². The third kappa shape index (κ3) is 8.47. The number of halogens is 6. The molecule has 1 aromatic heterocycles. The van der Waals surface area contributed by atoms with E-state index in [9.17, 15) is 27.2 Å². The number of hydrogen-bond acceptors (Lipinski definition) is 7. The van der Waals surface area contributed by atoms with Gasteiger partial charge in [0.1, 0.15) is 23.4 Å². The first kappa shape index (κ1) is 40.0. The van der Waals surface area contributed by atoms with Gasteiger partial charge in [0.2, 0.25) is 5.91 Å². The number of amides is 2. The van der Waals surface area contributed by atoms with Crippen molar-refractivity contribution in [3.63, 3.8) is 0 Å². The van der Waals surface area contributed by atoms with Gasteiger partial charge >= 0.3 is 6.18 Å². The maximum atomic E-state index is 15.5. The van der Waals surface area contributed by atoms with Crippen LogP contribution in [0.15, 0.2) is 42.6 Å². The van der Waals surface area contributed by atoms with Crippen LogP contribution in [0.4, 0.5) is 37.7 Å². The molecule has 1 N–H and O–H groups in total. The molecule has 4 rings (SSSR count). The van der Waals surface area contributed by atoms with Gasteiger partial charge < -0.3 is 19.7 Å². The van der Waals surface area contributed by atoms with Crippen LogP contribution < -0.4 is 19.9 Å². The van der Waals surface area contributed by atoms with Crippen molar-refractivity contribution < 1.29 is 45.4 Å². The highest BCUT2D eigenvalue weighted by molar-refractivity contribution is 7.81. The number of thiocarbonyl (C=S) groups is 1. The summed E-state index contributed by atoms with van der Waals surface area (Å²) in [6, 6.07) is 7.53. The van der Waals surface area contributed by atoms with Gasteiger partial charge in [-0.1, -0.05) is 20.8 Å². The molecule has 16 heteroatoms. The molecule has 278 valence electrons. The highest BCUT2D eigenvalue weighted by atomic mass is 32.1. The average Bonchev–Trinajstić information content (AvgIpc) is 3.22. The van der Waals surface area contributed by atoms with Crippen molar-refractivity contribution in [2.45, 2.75) is 72.1 Å². The minimum absolute atomic E-state index is 0.0245. The van der Waals surface area contributed by atoms with Gasteiger partial charge in [-0.3, -0.25) is 19.5 Å². The molecule has 1 saturated heterocycles. The largest absolute Gasteiger partial charge is 0.491 e. The summed E-state index contributed by atoms with van der Waals surface area (Å²) in [5, 5.41) is 11.5. The van der Waals surface area contributed by atoms with E-state index < -0.39 is 57.0 Å². The lowest BCUT2D eigenvalue weighted by molar-refractivity contribution is -0.140. The summed E-state index contributed by atoms with van der Waals surface area (Å²) >= 11 is 5.39. The Bertz CT molecular complexity index is 1910. The number of rotatable bonds is 12. The van der Waals surface area contributed by atoms with Crippen molar-refractivity contribution in [2.24, 2.45) is 5.41 Å². The van der Waals surface area contributed by atoms with Gasteiger partial charge in [0.15, 0.2) is 28.3 Å². The second-order valence-corrected chi connectivity index (χ2v) is 14.0. The predicted molar refractivity (Wildman–Crippen MR) is 185 cm³/mol. The van der Waals surface area contributed by atoms with Crippen LogP contribution in [0.5, 0.6) is 5.75 Å². The molecule has 0 aliphatic carbocycles. The van der Waals surface area contributed by atoms with Gasteiger partial charge in [-0.15, -0.1) is 0 Å². The molecule has 1 unspecified atom stereocenters. The molecule has 1 aliphatic heterocycles. The number of anilines is 2. The number of alkyl halides is 3. The second-order valence-electron chi connectivity index (χ2n) is 13.7. The number of unbranched alkanes of at least 4 members (excludes halogenated alkanes) is 1. The number of carbonyl (C=O) groups is 2. The lowest BCUT2D eigenvalue weighted by atomic mass is 9.88. The maximum Gasteiger partial charge on any atom is 0.420 e. The minimum atomic E-state index is -5.25. The highest BCUT2D eigenvalue weighted by Gasteiger charge is 2.52. The van der Waals surface area contributed by atoms with Crippen LogP contribution in [0.1, 0.15) is 65.5 Å². The molecule has 0 saturated carbocycles. The van der Waals surface area contributed by atoms with Crippen molar-refractivity contribution in [1.82, 2.24) is 10.3 Å². The van der Waals surface area contributed by atoms with Gasteiger partial charge in [-0.05, 0) is 81.6 Å². The smallest absolute Gasteiger partial charge is 0.420 e. The fraction of sp³-hybridized carbons (Fsp3) is 0.417. The van der Waals surface area contributed by atoms with E-state index in [0.717, 1.165) is 35.4 Å². The number of carbonyl (C=O) groups excluding carboxylic acids is 2. The molecule has 3 aromatic rings. The summed E-state index contributed by atoms with van der Waals surface area (Å²) in [6.07, 6.45) is -3.05. The van der Waals surface area contributed by atoms with Crippen LogP contribution in [0, 0.1) is 34.2 Å². The monoisotopic (exact) mass is 749 g/mol. The van der Waals surface area contributed by atoms with E-state index in [-0.39, 0.29) is 53.3 Å². The van der Waals surface area contributed by atoms with Crippen molar-refractivity contribution in [3.8, 4) is 23.1 Å². The van der Waals surface area contributed by atoms with E-state index in [1.165, 1.54) is 32.0 Å². The number of nitriles is 1. The first-order chi connectivity index (χ1) is 24.2. The molecule has 0 spiro atoms. The molecule has 1 fully saturated rings. The van der Waals surface area contributed by atoms with Crippen molar-refractivity contribution in [2.75, 3.05) is 29.6 Å². The minimum Gasteiger partial charge on any atom is -0.491 e. The molecule has 2 amide bonds. The summed E-state index contributed by atoms with van der Waals surface area (Å²) in [4.78, 5) is 31.2. The Morgan fingerprint density at radius 3 is 2.33 bits per heavy atom. The number of nitrogens with one attached hydrogen (secondary N) is 1. The third-order valence-electron chi connectivity index (χ3n) is 8.57. The fourth-order valence-corrected chi connectivity index (χ4v) is 5.74. The summed E-state index contributed by atoms with van der Waals surface area (Å²) in [7, 11) is 0. The van der Waals surface area contributed by atoms with Gasteiger partial charge in [0.05, 0.1) is 35.8 Å². The molecule has 2 aromatic carbocycles. The quantitative estimate of drug-likeness (QED) is 0.114. The predicted octanol–water partition coefficient (Wildman–Crippen LogP) is 7.70. The van der Waals surface area contributed by atoms with Gasteiger partial charge in [0.25, 0.3) is 5.91 Å². The number of pyridine rings is 1. The number of aromatic nitrogens is 1. The second kappa shape index (κ2) is 15.5. The van der Waals surface area contributed by atoms with Crippen molar-refractivity contribution >= 4 is 40.5 Å². The van der Waals surface area contributed by atoms with E-state index in [2.05, 4.69) is 10.3 Å². The molecular weight excluding hydrogens is 712 g/mol. The Morgan fingerprint density at radius 1 is 1.06 bits per heavy atom. The van der Waals surface area contributed by atoms with Crippen LogP contribution in [-0.4, -0.2) is 53.3 Å². The SMILES string of the molecule is CC(NC(=O)COCCCCOc1ccc(-c2ncc(N3C(=S)N(c4ccc(C#N)c(C(F)(F)F)c4F)C(=O)C3(C)C)cc2F)cc1F)C(C)(C)C. The van der Waals surface area contributed by atoms with Crippen molar-refractivity contribution in [3.05, 3.63) is 71.2 Å². The van der Waals surface area contributed by atoms with Crippen LogP contribution >= 0.6 is 12.2 Å². The molecular formula is C36H37F6N5O4S. The molecule has 0 radical (unpaired) electrons. The number of nitrogens with zero attached hydrogens (tertiary/aromatic N) is 4.